The number of nitrogens with one attached hydrogen (secondary N) is 1. The van der Waals surface area contributed by atoms with Crippen LogP contribution in [-0.2, 0) is 10.0 Å². The lowest BCUT2D eigenvalue weighted by Gasteiger charge is -2.26. The van der Waals surface area contributed by atoms with Crippen LogP contribution < -0.4 is 5.32 Å². The molecule has 7 heteroatoms. The average Bonchev–Trinajstić information content (AvgIpc) is 2.65. The molecule has 138 valence electrons. The fraction of sp³-hybridized carbons (Fsp3) is 0.316. The highest BCUT2D eigenvalue weighted by molar-refractivity contribution is 14.1. The predicted octanol–water partition coefficient (Wildman–Crippen LogP) is 4.03. The maximum Gasteiger partial charge on any atom is 0.255 e. The molecule has 0 aromatic heterocycles. The molecule has 0 aliphatic carbocycles. The number of piperidine rings is 1. The van der Waals surface area contributed by atoms with E-state index in [-0.39, 0.29) is 10.8 Å². The van der Waals surface area contributed by atoms with E-state index in [1.54, 1.807) is 18.2 Å². The Kier molecular flexibility index (Phi) is 5.99. The molecule has 0 atom stereocenters. The number of sulfonamides is 1. The minimum Gasteiger partial charge on any atom is -0.322 e. The Balaban J connectivity index is 1.82. The number of hydrogen-bond acceptors (Lipinski definition) is 3. The summed E-state index contributed by atoms with van der Waals surface area (Å²) in [6, 6.07) is 11.9. The summed E-state index contributed by atoms with van der Waals surface area (Å²) >= 11 is 2.22. The van der Waals surface area contributed by atoms with Crippen LogP contribution in [0.2, 0.25) is 0 Å². The van der Waals surface area contributed by atoms with E-state index in [0.717, 1.165) is 28.4 Å². The van der Waals surface area contributed by atoms with Gasteiger partial charge in [-0.05, 0) is 78.3 Å². The molecule has 1 N–H and O–H groups in total. The Hall–Kier alpha value is -1.45. The number of halogens is 1. The van der Waals surface area contributed by atoms with Gasteiger partial charge in [0.15, 0.2) is 0 Å². The molecule has 0 radical (unpaired) electrons. The quantitative estimate of drug-likeness (QED) is 0.667. The largest absolute Gasteiger partial charge is 0.322 e. The summed E-state index contributed by atoms with van der Waals surface area (Å²) in [6.07, 6.45) is 2.82. The molecule has 1 aliphatic rings. The molecule has 0 spiro atoms. The number of benzene rings is 2. The van der Waals surface area contributed by atoms with Gasteiger partial charge in [-0.2, -0.15) is 4.31 Å². The molecule has 1 fully saturated rings. The second-order valence-electron chi connectivity index (χ2n) is 6.41. The standard InChI is InChI=1S/C19H21IN2O3S/c1-14-8-9-16(13-18(14)20)21-19(23)15-6-5-7-17(12-15)26(24,25)22-10-3-2-4-11-22/h5-9,12-13H,2-4,10-11H2,1H3,(H,21,23). The van der Waals surface area contributed by atoms with Crippen LogP contribution in [-0.4, -0.2) is 31.7 Å². The molecule has 0 unspecified atom stereocenters. The topological polar surface area (TPSA) is 66.5 Å². The van der Waals surface area contributed by atoms with Crippen molar-refractivity contribution in [2.75, 3.05) is 18.4 Å². The van der Waals surface area contributed by atoms with Gasteiger partial charge in [0.1, 0.15) is 0 Å². The lowest BCUT2D eigenvalue weighted by atomic mass is 10.2. The first-order chi connectivity index (χ1) is 12.4. The molecule has 1 amide bonds. The van der Waals surface area contributed by atoms with Gasteiger partial charge in [0, 0.05) is 27.9 Å². The van der Waals surface area contributed by atoms with E-state index in [2.05, 4.69) is 27.9 Å². The van der Waals surface area contributed by atoms with E-state index >= 15 is 0 Å². The second kappa shape index (κ2) is 8.06. The number of amides is 1. The molecular formula is C19H21IN2O3S. The zero-order chi connectivity index (χ0) is 18.7. The van der Waals surface area contributed by atoms with Crippen molar-refractivity contribution in [2.45, 2.75) is 31.1 Å². The first-order valence-corrected chi connectivity index (χ1v) is 11.1. The van der Waals surface area contributed by atoms with Crippen molar-refractivity contribution in [3.63, 3.8) is 0 Å². The van der Waals surface area contributed by atoms with Gasteiger partial charge in [0.2, 0.25) is 10.0 Å². The number of nitrogens with zero attached hydrogens (tertiary/aromatic N) is 1. The highest BCUT2D eigenvalue weighted by Gasteiger charge is 2.26. The zero-order valence-corrected chi connectivity index (χ0v) is 17.5. The fourth-order valence-electron chi connectivity index (χ4n) is 2.93. The molecule has 0 bridgehead atoms. The molecule has 2 aromatic rings. The summed E-state index contributed by atoms with van der Waals surface area (Å²) in [5.41, 5.74) is 2.16. The Morgan fingerprint density at radius 3 is 2.50 bits per heavy atom. The first kappa shape index (κ1) is 19.3. The van der Waals surface area contributed by atoms with Crippen LogP contribution in [0.25, 0.3) is 0 Å². The monoisotopic (exact) mass is 484 g/mol. The van der Waals surface area contributed by atoms with Crippen LogP contribution in [0.4, 0.5) is 5.69 Å². The third kappa shape index (κ3) is 4.27. The molecule has 1 saturated heterocycles. The summed E-state index contributed by atoms with van der Waals surface area (Å²) in [4.78, 5) is 12.7. The van der Waals surface area contributed by atoms with Gasteiger partial charge in [0.05, 0.1) is 4.90 Å². The van der Waals surface area contributed by atoms with Crippen LogP contribution in [0.1, 0.15) is 35.2 Å². The van der Waals surface area contributed by atoms with E-state index in [1.807, 2.05) is 25.1 Å². The normalized spacial score (nSPS) is 15.6. The molecule has 0 saturated carbocycles. The van der Waals surface area contributed by atoms with Crippen molar-refractivity contribution in [1.29, 1.82) is 0 Å². The number of anilines is 1. The van der Waals surface area contributed by atoms with Gasteiger partial charge >= 0.3 is 0 Å². The Bertz CT molecular complexity index is 922. The van der Waals surface area contributed by atoms with Crippen LogP contribution >= 0.6 is 22.6 Å². The summed E-state index contributed by atoms with van der Waals surface area (Å²) < 4.78 is 28.2. The maximum absolute atomic E-state index is 12.8. The number of aryl methyl sites for hydroxylation is 1. The minimum atomic E-state index is -3.55. The zero-order valence-electron chi connectivity index (χ0n) is 14.5. The third-order valence-corrected chi connectivity index (χ3v) is 7.54. The number of rotatable bonds is 4. The van der Waals surface area contributed by atoms with E-state index in [1.165, 1.54) is 10.4 Å². The molecule has 5 nitrogen and oxygen atoms in total. The van der Waals surface area contributed by atoms with Crippen molar-refractivity contribution < 1.29 is 13.2 Å². The van der Waals surface area contributed by atoms with Gasteiger partial charge in [0.25, 0.3) is 5.91 Å². The van der Waals surface area contributed by atoms with Crippen LogP contribution in [0, 0.1) is 10.5 Å². The Labute approximate surface area is 168 Å². The summed E-state index contributed by atoms with van der Waals surface area (Å²) in [6.45, 7) is 3.09. The third-order valence-electron chi connectivity index (χ3n) is 4.48. The SMILES string of the molecule is Cc1ccc(NC(=O)c2cccc(S(=O)(=O)N3CCCCC3)c2)cc1I. The van der Waals surface area contributed by atoms with E-state index in [0.29, 0.717) is 24.3 Å². The van der Waals surface area contributed by atoms with Crippen molar-refractivity contribution in [1.82, 2.24) is 4.31 Å². The number of carbonyl (C=O) groups is 1. The fourth-order valence-corrected chi connectivity index (χ4v) is 5.00. The van der Waals surface area contributed by atoms with Crippen molar-refractivity contribution in [3.8, 4) is 0 Å². The Morgan fingerprint density at radius 1 is 1.08 bits per heavy atom. The van der Waals surface area contributed by atoms with Crippen LogP contribution in [0.5, 0.6) is 0 Å². The predicted molar refractivity (Wildman–Crippen MR) is 111 cm³/mol. The number of carbonyl (C=O) groups excluding carboxylic acids is 1. The number of hydrogen-bond donors (Lipinski definition) is 1. The highest BCUT2D eigenvalue weighted by Crippen LogP contribution is 2.22. The van der Waals surface area contributed by atoms with Crippen molar-refractivity contribution in [2.24, 2.45) is 0 Å². The first-order valence-electron chi connectivity index (χ1n) is 8.55. The molecule has 2 aromatic carbocycles. The Morgan fingerprint density at radius 2 is 1.81 bits per heavy atom. The van der Waals surface area contributed by atoms with E-state index in [4.69, 9.17) is 0 Å². The van der Waals surface area contributed by atoms with Crippen molar-refractivity contribution >= 4 is 44.2 Å². The summed E-state index contributed by atoms with van der Waals surface area (Å²) in [5, 5.41) is 2.83. The lowest BCUT2D eigenvalue weighted by Crippen LogP contribution is -2.35. The van der Waals surface area contributed by atoms with Gasteiger partial charge in [-0.25, -0.2) is 8.42 Å². The lowest BCUT2D eigenvalue weighted by molar-refractivity contribution is 0.102. The van der Waals surface area contributed by atoms with Gasteiger partial charge < -0.3 is 5.32 Å². The van der Waals surface area contributed by atoms with Crippen LogP contribution in [0.15, 0.2) is 47.4 Å². The molecular weight excluding hydrogens is 463 g/mol. The average molecular weight is 484 g/mol. The molecule has 3 rings (SSSR count). The van der Waals surface area contributed by atoms with Crippen molar-refractivity contribution in [3.05, 3.63) is 57.2 Å². The molecule has 1 heterocycles. The van der Waals surface area contributed by atoms with E-state index in [9.17, 15) is 13.2 Å². The molecule has 1 aliphatic heterocycles. The van der Waals surface area contributed by atoms with Gasteiger partial charge in [-0.1, -0.05) is 18.6 Å². The summed E-state index contributed by atoms with van der Waals surface area (Å²) in [5.74, 6) is -0.319. The molecule has 26 heavy (non-hydrogen) atoms. The minimum absolute atomic E-state index is 0.172. The highest BCUT2D eigenvalue weighted by atomic mass is 127. The smallest absolute Gasteiger partial charge is 0.255 e. The van der Waals surface area contributed by atoms with Gasteiger partial charge in [-0.15, -0.1) is 0 Å². The summed E-state index contributed by atoms with van der Waals surface area (Å²) in [7, 11) is -3.55. The van der Waals surface area contributed by atoms with Gasteiger partial charge in [-0.3, -0.25) is 4.79 Å². The van der Waals surface area contributed by atoms with Crippen LogP contribution in [0.3, 0.4) is 0 Å². The second-order valence-corrected chi connectivity index (χ2v) is 9.51. The maximum atomic E-state index is 12.8. The van der Waals surface area contributed by atoms with E-state index < -0.39 is 10.0 Å².